The van der Waals surface area contributed by atoms with E-state index in [1.165, 1.54) is 0 Å². The Morgan fingerprint density at radius 2 is 2.22 bits per heavy atom. The van der Waals surface area contributed by atoms with Gasteiger partial charge in [-0.15, -0.1) is 10.2 Å². The average Bonchev–Trinajstić information content (AvgIpc) is 2.90. The van der Waals surface area contributed by atoms with E-state index in [-0.39, 0.29) is 11.3 Å². The van der Waals surface area contributed by atoms with E-state index in [2.05, 4.69) is 38.2 Å². The lowest BCUT2D eigenvalue weighted by Gasteiger charge is -2.36. The summed E-state index contributed by atoms with van der Waals surface area (Å²) in [6.45, 7) is 4.29. The molecule has 7 nitrogen and oxygen atoms in total. The summed E-state index contributed by atoms with van der Waals surface area (Å²) in [4.78, 5) is 12.4. The first-order chi connectivity index (χ1) is 8.77. The number of hydrogen-bond donors (Lipinski definition) is 3. The zero-order chi connectivity index (χ0) is 12.8. The van der Waals surface area contributed by atoms with Gasteiger partial charge in [-0.2, -0.15) is 5.21 Å². The van der Waals surface area contributed by atoms with Crippen LogP contribution in [0.5, 0.6) is 0 Å². The third-order valence-electron chi connectivity index (χ3n) is 3.57. The van der Waals surface area contributed by atoms with E-state index in [9.17, 15) is 4.79 Å². The van der Waals surface area contributed by atoms with Gasteiger partial charge in [0.25, 0.3) is 0 Å². The number of nitrogens with zero attached hydrogens (tertiary/aromatic N) is 3. The second-order valence-electron chi connectivity index (χ2n) is 4.79. The maximum atomic E-state index is 12.4. The van der Waals surface area contributed by atoms with E-state index in [0.29, 0.717) is 12.4 Å². The number of rotatable bonds is 5. The van der Waals surface area contributed by atoms with Crippen LogP contribution in [-0.2, 0) is 11.3 Å². The first-order valence-corrected chi connectivity index (χ1v) is 6.48. The summed E-state index contributed by atoms with van der Waals surface area (Å²) in [6, 6.07) is 0. The second kappa shape index (κ2) is 5.90. The fraction of sp³-hybridized carbons (Fsp3) is 0.818. The largest absolute Gasteiger partial charge is 0.348 e. The van der Waals surface area contributed by atoms with Crippen molar-refractivity contribution < 1.29 is 4.79 Å². The Bertz CT molecular complexity index is 365. The minimum absolute atomic E-state index is 0.121. The molecule has 0 aromatic carbocycles. The van der Waals surface area contributed by atoms with Crippen LogP contribution in [0.3, 0.4) is 0 Å². The molecule has 0 bridgehead atoms. The van der Waals surface area contributed by atoms with Gasteiger partial charge in [-0.05, 0) is 32.4 Å². The van der Waals surface area contributed by atoms with Gasteiger partial charge in [-0.1, -0.05) is 18.6 Å². The number of aromatic amines is 1. The van der Waals surface area contributed by atoms with Crippen LogP contribution in [0.2, 0.25) is 0 Å². The van der Waals surface area contributed by atoms with Crippen molar-refractivity contribution in [1.82, 2.24) is 31.3 Å². The third kappa shape index (κ3) is 2.84. The molecule has 1 aromatic rings. The van der Waals surface area contributed by atoms with Gasteiger partial charge in [0.2, 0.25) is 5.91 Å². The van der Waals surface area contributed by atoms with Crippen molar-refractivity contribution in [3.8, 4) is 0 Å². The van der Waals surface area contributed by atoms with E-state index in [1.54, 1.807) is 0 Å². The van der Waals surface area contributed by atoms with E-state index in [1.807, 2.05) is 0 Å². The molecule has 1 aliphatic rings. The number of piperidine rings is 1. The highest BCUT2D eigenvalue weighted by molar-refractivity contribution is 5.82. The van der Waals surface area contributed by atoms with E-state index < -0.39 is 0 Å². The zero-order valence-corrected chi connectivity index (χ0v) is 10.7. The molecule has 2 rings (SSSR count). The maximum absolute atomic E-state index is 12.4. The summed E-state index contributed by atoms with van der Waals surface area (Å²) < 4.78 is 0. The normalized spacial score (nSPS) is 18.5. The van der Waals surface area contributed by atoms with Gasteiger partial charge in [-0.3, -0.25) is 4.79 Å². The Labute approximate surface area is 106 Å². The average molecular weight is 252 g/mol. The van der Waals surface area contributed by atoms with Gasteiger partial charge >= 0.3 is 0 Å². The fourth-order valence-corrected chi connectivity index (χ4v) is 2.58. The van der Waals surface area contributed by atoms with Crippen molar-refractivity contribution in [3.05, 3.63) is 5.82 Å². The monoisotopic (exact) mass is 252 g/mol. The van der Waals surface area contributed by atoms with Crippen molar-refractivity contribution in [3.63, 3.8) is 0 Å². The lowest BCUT2D eigenvalue weighted by Crippen LogP contribution is -2.47. The highest BCUT2D eigenvalue weighted by Gasteiger charge is 2.38. The van der Waals surface area contributed by atoms with E-state index >= 15 is 0 Å². The van der Waals surface area contributed by atoms with Gasteiger partial charge in [0.15, 0.2) is 5.82 Å². The smallest absolute Gasteiger partial charge is 0.226 e. The number of carbonyl (C=O) groups excluding carboxylic acids is 1. The number of aromatic nitrogens is 4. The Morgan fingerprint density at radius 3 is 2.83 bits per heavy atom. The number of amides is 1. The molecule has 18 heavy (non-hydrogen) atoms. The minimum atomic E-state index is -0.219. The summed E-state index contributed by atoms with van der Waals surface area (Å²) in [7, 11) is 0. The van der Waals surface area contributed by atoms with Gasteiger partial charge in [0.1, 0.15) is 0 Å². The molecule has 1 aromatic heterocycles. The second-order valence-corrected chi connectivity index (χ2v) is 4.79. The highest BCUT2D eigenvalue weighted by Crippen LogP contribution is 2.34. The van der Waals surface area contributed by atoms with Gasteiger partial charge in [-0.25, -0.2) is 0 Å². The third-order valence-corrected chi connectivity index (χ3v) is 3.57. The molecule has 1 aliphatic heterocycles. The quantitative estimate of drug-likeness (QED) is 0.685. The molecule has 1 saturated heterocycles. The van der Waals surface area contributed by atoms with Crippen molar-refractivity contribution in [2.75, 3.05) is 13.1 Å². The lowest BCUT2D eigenvalue weighted by atomic mass is 9.74. The molecule has 1 fully saturated rings. The summed E-state index contributed by atoms with van der Waals surface area (Å²) in [5, 5.41) is 19.7. The molecule has 0 atom stereocenters. The summed E-state index contributed by atoms with van der Waals surface area (Å²) >= 11 is 0. The molecule has 1 amide bonds. The molecule has 3 N–H and O–H groups in total. The summed E-state index contributed by atoms with van der Waals surface area (Å²) in [6.07, 6.45) is 3.76. The van der Waals surface area contributed by atoms with Crippen LogP contribution >= 0.6 is 0 Å². The van der Waals surface area contributed by atoms with Crippen LogP contribution in [0.1, 0.15) is 38.4 Å². The van der Waals surface area contributed by atoms with Crippen LogP contribution in [0, 0.1) is 5.41 Å². The van der Waals surface area contributed by atoms with Crippen LogP contribution in [0.15, 0.2) is 0 Å². The number of hydrogen-bond acceptors (Lipinski definition) is 5. The highest BCUT2D eigenvalue weighted by atomic mass is 16.2. The molecular formula is C11H20N6O. The molecule has 2 heterocycles. The van der Waals surface area contributed by atoms with E-state index in [0.717, 1.165) is 38.8 Å². The van der Waals surface area contributed by atoms with Crippen LogP contribution in [0.25, 0.3) is 0 Å². The Hall–Kier alpha value is -1.50. The van der Waals surface area contributed by atoms with E-state index in [4.69, 9.17) is 0 Å². The molecular weight excluding hydrogens is 232 g/mol. The van der Waals surface area contributed by atoms with Crippen LogP contribution in [0.4, 0.5) is 0 Å². The van der Waals surface area contributed by atoms with Gasteiger partial charge < -0.3 is 10.6 Å². The van der Waals surface area contributed by atoms with Crippen molar-refractivity contribution in [2.45, 2.75) is 39.2 Å². The maximum Gasteiger partial charge on any atom is 0.226 e. The fourth-order valence-electron chi connectivity index (χ4n) is 2.58. The molecule has 7 heteroatoms. The topological polar surface area (TPSA) is 95.6 Å². The Morgan fingerprint density at radius 1 is 1.44 bits per heavy atom. The number of nitrogens with one attached hydrogen (secondary N) is 3. The Kier molecular flexibility index (Phi) is 4.24. The molecule has 0 aliphatic carbocycles. The predicted molar refractivity (Wildman–Crippen MR) is 65.5 cm³/mol. The number of H-pyrrole nitrogens is 1. The SMILES string of the molecule is CCCC1(C(=O)NCc2nn[nH]n2)CCNCC1. The number of carbonyl (C=O) groups is 1. The standard InChI is InChI=1S/C11H20N6O/c1-2-3-11(4-6-12-7-5-11)10(18)13-8-9-14-16-17-15-9/h12H,2-8H2,1H3,(H,13,18)(H,14,15,16,17). The predicted octanol–water partition coefficient (Wildman–Crippen LogP) is -0.0142. The first kappa shape index (κ1) is 12.9. The zero-order valence-electron chi connectivity index (χ0n) is 10.7. The molecule has 100 valence electrons. The summed E-state index contributed by atoms with van der Waals surface area (Å²) in [5.74, 6) is 0.639. The van der Waals surface area contributed by atoms with Crippen molar-refractivity contribution in [1.29, 1.82) is 0 Å². The molecule has 0 saturated carbocycles. The molecule has 0 unspecified atom stereocenters. The number of tetrazole rings is 1. The summed E-state index contributed by atoms with van der Waals surface area (Å²) in [5.41, 5.74) is -0.219. The minimum Gasteiger partial charge on any atom is -0.348 e. The Balaban J connectivity index is 1.95. The van der Waals surface area contributed by atoms with Crippen molar-refractivity contribution in [2.24, 2.45) is 5.41 Å². The molecule has 0 spiro atoms. The van der Waals surface area contributed by atoms with Gasteiger partial charge in [0, 0.05) is 0 Å². The van der Waals surface area contributed by atoms with Crippen molar-refractivity contribution >= 4 is 5.91 Å². The first-order valence-electron chi connectivity index (χ1n) is 6.48. The molecule has 0 radical (unpaired) electrons. The van der Waals surface area contributed by atoms with Crippen LogP contribution < -0.4 is 10.6 Å². The lowest BCUT2D eigenvalue weighted by molar-refractivity contribution is -0.133. The van der Waals surface area contributed by atoms with Crippen LogP contribution in [-0.4, -0.2) is 39.6 Å². The van der Waals surface area contributed by atoms with Gasteiger partial charge in [0.05, 0.1) is 12.0 Å².